The highest BCUT2D eigenvalue weighted by atomic mass is 16.3. The monoisotopic (exact) mass is 231 g/mol. The third-order valence-electron chi connectivity index (χ3n) is 2.35. The molecule has 3 heterocycles. The molecule has 0 aromatic carbocycles. The predicted molar refractivity (Wildman–Crippen MR) is 58.3 cm³/mol. The first-order chi connectivity index (χ1) is 8.34. The van der Waals surface area contributed by atoms with E-state index in [0.717, 1.165) is 5.70 Å². The Kier molecular flexibility index (Phi) is 2.14. The molecular weight excluding hydrogens is 222 g/mol. The predicted octanol–water partition coefficient (Wildman–Crippen LogP) is 0.573. The van der Waals surface area contributed by atoms with Crippen molar-refractivity contribution >= 4 is 12.1 Å². The molecule has 0 radical (unpaired) electrons. The van der Waals surface area contributed by atoms with Crippen molar-refractivity contribution in [1.82, 2.24) is 20.2 Å². The molecule has 1 N–H and O–H groups in total. The number of nitrogens with one attached hydrogen (secondary N) is 1. The molecule has 1 aliphatic rings. The number of rotatable bonds is 2. The molecule has 2 aromatic rings. The molecule has 0 spiro atoms. The third kappa shape index (κ3) is 1.67. The summed E-state index contributed by atoms with van der Waals surface area (Å²) < 4.78 is 5.21. The molecule has 86 valence electrons. The van der Waals surface area contributed by atoms with Gasteiger partial charge < -0.3 is 9.73 Å². The summed E-state index contributed by atoms with van der Waals surface area (Å²) in [6, 6.07) is 3.36. The average Bonchev–Trinajstić information content (AvgIpc) is 3.01. The molecule has 7 nitrogen and oxygen atoms in total. The van der Waals surface area contributed by atoms with Gasteiger partial charge in [-0.25, -0.2) is 9.78 Å². The van der Waals surface area contributed by atoms with Gasteiger partial charge in [-0.05, 0) is 12.1 Å². The van der Waals surface area contributed by atoms with Gasteiger partial charge in [0.1, 0.15) is 18.4 Å². The van der Waals surface area contributed by atoms with Gasteiger partial charge in [0.25, 0.3) is 0 Å². The summed E-state index contributed by atoms with van der Waals surface area (Å²) in [7, 11) is 0. The van der Waals surface area contributed by atoms with Crippen LogP contribution >= 0.6 is 0 Å². The van der Waals surface area contributed by atoms with E-state index in [2.05, 4.69) is 15.4 Å². The van der Waals surface area contributed by atoms with Crippen LogP contribution in [0, 0.1) is 0 Å². The SMILES string of the molecule is O=C1NCC(=Cc2ccco2)N1n1cncn1. The standard InChI is InChI=1S/C10H9N5O2/c16-10-12-5-8(4-9-2-1-3-17-9)15(10)14-7-11-6-13-14/h1-4,6-7H,5H2,(H,12,16). The fourth-order valence-electron chi connectivity index (χ4n) is 1.63. The van der Waals surface area contributed by atoms with E-state index in [9.17, 15) is 4.79 Å². The quantitative estimate of drug-likeness (QED) is 0.819. The molecule has 1 fully saturated rings. The Balaban J connectivity index is 1.97. The van der Waals surface area contributed by atoms with Crippen LogP contribution in [0.4, 0.5) is 4.79 Å². The van der Waals surface area contributed by atoms with E-state index in [1.165, 1.54) is 22.5 Å². The molecule has 0 atom stereocenters. The maximum atomic E-state index is 11.7. The van der Waals surface area contributed by atoms with Gasteiger partial charge in [0.05, 0.1) is 18.5 Å². The van der Waals surface area contributed by atoms with Crippen molar-refractivity contribution in [2.75, 3.05) is 11.6 Å². The molecule has 17 heavy (non-hydrogen) atoms. The highest BCUT2D eigenvalue weighted by Gasteiger charge is 2.27. The number of nitrogens with zero attached hydrogens (tertiary/aromatic N) is 4. The Morgan fingerprint density at radius 1 is 1.53 bits per heavy atom. The largest absolute Gasteiger partial charge is 0.465 e. The number of carbonyl (C=O) groups is 1. The lowest BCUT2D eigenvalue weighted by Crippen LogP contribution is -2.37. The van der Waals surface area contributed by atoms with Crippen LogP contribution in [-0.2, 0) is 0 Å². The molecule has 2 amide bonds. The minimum Gasteiger partial charge on any atom is -0.465 e. The van der Waals surface area contributed by atoms with Crippen molar-refractivity contribution < 1.29 is 9.21 Å². The zero-order valence-corrected chi connectivity index (χ0v) is 8.78. The molecule has 3 rings (SSSR count). The topological polar surface area (TPSA) is 76.2 Å². The lowest BCUT2D eigenvalue weighted by atomic mass is 10.3. The van der Waals surface area contributed by atoms with Crippen molar-refractivity contribution in [2.45, 2.75) is 0 Å². The Morgan fingerprint density at radius 2 is 2.47 bits per heavy atom. The van der Waals surface area contributed by atoms with Crippen molar-refractivity contribution in [3.63, 3.8) is 0 Å². The molecule has 2 aromatic heterocycles. The first-order valence-electron chi connectivity index (χ1n) is 5.01. The minimum atomic E-state index is -0.242. The normalized spacial score (nSPS) is 17.8. The van der Waals surface area contributed by atoms with E-state index in [4.69, 9.17) is 4.42 Å². The van der Waals surface area contributed by atoms with Crippen LogP contribution in [-0.4, -0.2) is 27.4 Å². The Hall–Kier alpha value is -2.57. The fraction of sp³-hybridized carbons (Fsp3) is 0.100. The van der Waals surface area contributed by atoms with Crippen LogP contribution in [0.5, 0.6) is 0 Å². The van der Waals surface area contributed by atoms with Gasteiger partial charge in [-0.2, -0.15) is 9.80 Å². The van der Waals surface area contributed by atoms with Crippen LogP contribution in [0.2, 0.25) is 0 Å². The number of carbonyl (C=O) groups excluding carboxylic acids is 1. The summed E-state index contributed by atoms with van der Waals surface area (Å²) >= 11 is 0. The van der Waals surface area contributed by atoms with E-state index in [1.807, 2.05) is 6.07 Å². The summed E-state index contributed by atoms with van der Waals surface area (Å²) in [4.78, 5) is 16.9. The van der Waals surface area contributed by atoms with Crippen molar-refractivity contribution in [3.8, 4) is 0 Å². The van der Waals surface area contributed by atoms with Gasteiger partial charge in [0, 0.05) is 6.08 Å². The van der Waals surface area contributed by atoms with Crippen LogP contribution in [0.15, 0.2) is 41.2 Å². The smallest absolute Gasteiger partial charge is 0.342 e. The third-order valence-corrected chi connectivity index (χ3v) is 2.35. The molecule has 0 unspecified atom stereocenters. The second-order valence-corrected chi connectivity index (χ2v) is 3.44. The first-order valence-corrected chi connectivity index (χ1v) is 5.01. The number of hydrogen-bond acceptors (Lipinski definition) is 4. The van der Waals surface area contributed by atoms with Gasteiger partial charge >= 0.3 is 6.03 Å². The zero-order chi connectivity index (χ0) is 11.7. The first kappa shape index (κ1) is 9.64. The summed E-state index contributed by atoms with van der Waals surface area (Å²) in [5, 5.41) is 8.03. The lowest BCUT2D eigenvalue weighted by molar-refractivity contribution is 0.247. The van der Waals surface area contributed by atoms with E-state index >= 15 is 0 Å². The molecular formula is C10H9N5O2. The second-order valence-electron chi connectivity index (χ2n) is 3.44. The number of aromatic nitrogens is 3. The minimum absolute atomic E-state index is 0.242. The lowest BCUT2D eigenvalue weighted by Gasteiger charge is -2.14. The highest BCUT2D eigenvalue weighted by molar-refractivity contribution is 5.92. The summed E-state index contributed by atoms with van der Waals surface area (Å²) in [5.41, 5.74) is 0.746. The van der Waals surface area contributed by atoms with E-state index < -0.39 is 0 Å². The molecule has 7 heteroatoms. The van der Waals surface area contributed by atoms with Gasteiger partial charge in [0.2, 0.25) is 0 Å². The van der Waals surface area contributed by atoms with Crippen LogP contribution in [0.3, 0.4) is 0 Å². The highest BCUT2D eigenvalue weighted by Crippen LogP contribution is 2.14. The molecule has 0 saturated carbocycles. The summed E-state index contributed by atoms with van der Waals surface area (Å²) in [5.74, 6) is 0.682. The maximum Gasteiger partial charge on any atom is 0.342 e. The Labute approximate surface area is 96.3 Å². The average molecular weight is 231 g/mol. The summed E-state index contributed by atoms with van der Waals surface area (Å²) in [6.45, 7) is 0.430. The second kappa shape index (κ2) is 3.78. The van der Waals surface area contributed by atoms with Gasteiger partial charge in [0.15, 0.2) is 0 Å². The number of urea groups is 1. The van der Waals surface area contributed by atoms with Crippen LogP contribution in [0.1, 0.15) is 5.76 Å². The fourth-order valence-corrected chi connectivity index (χ4v) is 1.63. The van der Waals surface area contributed by atoms with Gasteiger partial charge in [-0.15, -0.1) is 5.10 Å². The maximum absolute atomic E-state index is 11.7. The van der Waals surface area contributed by atoms with Crippen molar-refractivity contribution in [2.24, 2.45) is 0 Å². The molecule has 1 saturated heterocycles. The van der Waals surface area contributed by atoms with Gasteiger partial charge in [-0.1, -0.05) is 0 Å². The number of hydrogen-bond donors (Lipinski definition) is 1. The summed E-state index contributed by atoms with van der Waals surface area (Å²) in [6.07, 6.45) is 6.19. The Morgan fingerprint density at radius 3 is 3.18 bits per heavy atom. The number of amides is 2. The molecule has 0 aliphatic carbocycles. The molecule has 0 bridgehead atoms. The number of furan rings is 1. The van der Waals surface area contributed by atoms with E-state index in [0.29, 0.717) is 12.3 Å². The zero-order valence-electron chi connectivity index (χ0n) is 8.78. The molecule has 1 aliphatic heterocycles. The van der Waals surface area contributed by atoms with E-state index in [1.54, 1.807) is 18.4 Å². The van der Waals surface area contributed by atoms with Crippen molar-refractivity contribution in [1.29, 1.82) is 0 Å². The van der Waals surface area contributed by atoms with E-state index in [-0.39, 0.29) is 6.03 Å². The van der Waals surface area contributed by atoms with Gasteiger partial charge in [-0.3, -0.25) is 0 Å². The van der Waals surface area contributed by atoms with Crippen molar-refractivity contribution in [3.05, 3.63) is 42.5 Å². The van der Waals surface area contributed by atoms with Crippen LogP contribution < -0.4 is 10.3 Å². The Bertz CT molecular complexity index is 543. The van der Waals surface area contributed by atoms with Crippen LogP contribution in [0.25, 0.3) is 6.08 Å².